The van der Waals surface area contributed by atoms with Gasteiger partial charge in [0.05, 0.1) is 0 Å². The fourth-order valence-corrected chi connectivity index (χ4v) is 2.15. The summed E-state index contributed by atoms with van der Waals surface area (Å²) in [6.45, 7) is 3.36. The summed E-state index contributed by atoms with van der Waals surface area (Å²) in [6, 6.07) is 8.53. The second-order valence-electron chi connectivity index (χ2n) is 3.33. The molecule has 0 aliphatic carbocycles. The minimum atomic E-state index is -4.35. The van der Waals surface area contributed by atoms with Crippen LogP contribution in [0.4, 0.5) is 0 Å². The van der Waals surface area contributed by atoms with Gasteiger partial charge in [-0.25, -0.2) is 0 Å². The zero-order chi connectivity index (χ0) is 11.5. The first-order valence-corrected chi connectivity index (χ1v) is 6.28. The molecule has 0 radical (unpaired) electrons. The number of hydrogen-bond donors (Lipinski definition) is 2. The molecule has 0 amide bonds. The monoisotopic (exact) mass is 230 g/mol. The molecule has 0 saturated heterocycles. The molecular formula is C10H15O4P. The lowest BCUT2D eigenvalue weighted by Gasteiger charge is -2.30. The van der Waals surface area contributed by atoms with Gasteiger partial charge in [0.15, 0.2) is 5.34 Å². The Morgan fingerprint density at radius 1 is 1.33 bits per heavy atom. The predicted molar refractivity (Wildman–Crippen MR) is 57.5 cm³/mol. The molecule has 0 heterocycles. The Morgan fingerprint density at radius 2 is 1.87 bits per heavy atom. The summed E-state index contributed by atoms with van der Waals surface area (Å²) in [6.07, 6.45) is 0. The van der Waals surface area contributed by atoms with Crippen LogP contribution in [0.3, 0.4) is 0 Å². The molecule has 4 nitrogen and oxygen atoms in total. The van der Waals surface area contributed by atoms with Gasteiger partial charge >= 0.3 is 7.60 Å². The zero-order valence-corrected chi connectivity index (χ0v) is 9.65. The van der Waals surface area contributed by atoms with Gasteiger partial charge in [-0.3, -0.25) is 4.57 Å². The van der Waals surface area contributed by atoms with Crippen LogP contribution in [0, 0.1) is 0 Å². The van der Waals surface area contributed by atoms with Crippen LogP contribution in [-0.4, -0.2) is 16.4 Å². The van der Waals surface area contributed by atoms with Gasteiger partial charge in [-0.1, -0.05) is 30.3 Å². The average Bonchev–Trinajstić information content (AvgIpc) is 2.18. The molecule has 0 spiro atoms. The van der Waals surface area contributed by atoms with Gasteiger partial charge in [-0.2, -0.15) is 0 Å². The maximum atomic E-state index is 11.4. The average molecular weight is 230 g/mol. The molecule has 0 fully saturated rings. The van der Waals surface area contributed by atoms with E-state index in [1.165, 1.54) is 6.92 Å². The van der Waals surface area contributed by atoms with Crippen LogP contribution >= 0.6 is 7.60 Å². The third kappa shape index (κ3) is 2.47. The van der Waals surface area contributed by atoms with E-state index in [4.69, 9.17) is 4.74 Å². The van der Waals surface area contributed by atoms with Gasteiger partial charge in [0.2, 0.25) is 0 Å². The van der Waals surface area contributed by atoms with Crippen molar-refractivity contribution in [1.29, 1.82) is 0 Å². The molecule has 1 aromatic rings. The summed E-state index contributed by atoms with van der Waals surface area (Å²) in [5.74, 6) is 0. The van der Waals surface area contributed by atoms with Crippen molar-refractivity contribution in [2.24, 2.45) is 0 Å². The van der Waals surface area contributed by atoms with E-state index in [1.54, 1.807) is 37.3 Å². The van der Waals surface area contributed by atoms with E-state index >= 15 is 0 Å². The lowest BCUT2D eigenvalue weighted by atomic mass is 10.1. The highest BCUT2D eigenvalue weighted by Gasteiger charge is 2.44. The number of hydrogen-bond acceptors (Lipinski definition) is 2. The van der Waals surface area contributed by atoms with Gasteiger partial charge in [-0.15, -0.1) is 0 Å². The Labute approximate surface area is 89.1 Å². The van der Waals surface area contributed by atoms with Crippen LogP contribution < -0.4 is 0 Å². The molecule has 0 bridgehead atoms. The van der Waals surface area contributed by atoms with Crippen molar-refractivity contribution in [1.82, 2.24) is 0 Å². The quantitative estimate of drug-likeness (QED) is 0.777. The van der Waals surface area contributed by atoms with Gasteiger partial charge in [0.1, 0.15) is 0 Å². The predicted octanol–water partition coefficient (Wildman–Crippen LogP) is 2.07. The molecule has 0 saturated carbocycles. The second-order valence-corrected chi connectivity index (χ2v) is 5.27. The maximum Gasteiger partial charge on any atom is 0.361 e. The molecule has 0 aliphatic rings. The molecule has 1 aromatic carbocycles. The summed E-state index contributed by atoms with van der Waals surface area (Å²) in [7, 11) is -4.35. The Kier molecular flexibility index (Phi) is 3.68. The van der Waals surface area contributed by atoms with Crippen LogP contribution in [0.2, 0.25) is 0 Å². The summed E-state index contributed by atoms with van der Waals surface area (Å²) in [4.78, 5) is 18.6. The van der Waals surface area contributed by atoms with Crippen LogP contribution in [0.1, 0.15) is 19.4 Å². The molecule has 1 rings (SSSR count). The molecule has 84 valence electrons. The van der Waals surface area contributed by atoms with E-state index in [1.807, 2.05) is 0 Å². The number of ether oxygens (including phenoxy) is 1. The molecule has 0 aromatic heterocycles. The van der Waals surface area contributed by atoms with Crippen LogP contribution in [0.15, 0.2) is 30.3 Å². The summed E-state index contributed by atoms with van der Waals surface area (Å²) in [5, 5.41) is -1.55. The fraction of sp³-hybridized carbons (Fsp3) is 0.400. The lowest BCUT2D eigenvalue weighted by Crippen LogP contribution is -2.26. The summed E-state index contributed by atoms with van der Waals surface area (Å²) < 4.78 is 16.6. The van der Waals surface area contributed by atoms with Crippen molar-refractivity contribution in [3.63, 3.8) is 0 Å². The van der Waals surface area contributed by atoms with Crippen LogP contribution in [0.25, 0.3) is 0 Å². The largest absolute Gasteiger partial charge is 0.361 e. The van der Waals surface area contributed by atoms with Crippen LogP contribution in [-0.2, 0) is 14.6 Å². The topological polar surface area (TPSA) is 66.8 Å². The molecule has 2 N–H and O–H groups in total. The van der Waals surface area contributed by atoms with E-state index in [9.17, 15) is 14.4 Å². The molecule has 1 unspecified atom stereocenters. The van der Waals surface area contributed by atoms with Gasteiger partial charge < -0.3 is 14.5 Å². The van der Waals surface area contributed by atoms with Gasteiger partial charge in [0, 0.05) is 6.61 Å². The normalized spacial score (nSPS) is 16.0. The standard InChI is InChI=1S/C10H15O4P/c1-3-14-10(2,15(11,12)13)9-7-5-4-6-8-9/h4-8H,3H2,1-2H3,(H2,11,12,13). The molecular weight excluding hydrogens is 215 g/mol. The highest BCUT2D eigenvalue weighted by atomic mass is 31.2. The van der Waals surface area contributed by atoms with E-state index in [0.717, 1.165) is 0 Å². The van der Waals surface area contributed by atoms with Crippen molar-refractivity contribution < 1.29 is 19.1 Å². The highest BCUT2D eigenvalue weighted by molar-refractivity contribution is 7.52. The maximum absolute atomic E-state index is 11.4. The fourth-order valence-electron chi connectivity index (χ4n) is 1.36. The Balaban J connectivity index is 3.19. The first-order valence-electron chi connectivity index (χ1n) is 4.67. The van der Waals surface area contributed by atoms with Gasteiger partial charge in [0.25, 0.3) is 0 Å². The van der Waals surface area contributed by atoms with Crippen molar-refractivity contribution in [3.05, 3.63) is 35.9 Å². The van der Waals surface area contributed by atoms with Crippen molar-refractivity contribution in [2.45, 2.75) is 19.2 Å². The van der Waals surface area contributed by atoms with Gasteiger partial charge in [-0.05, 0) is 19.4 Å². The summed E-state index contributed by atoms with van der Waals surface area (Å²) in [5.41, 5.74) is 0.486. The van der Waals surface area contributed by atoms with Crippen molar-refractivity contribution in [3.8, 4) is 0 Å². The molecule has 5 heteroatoms. The number of benzene rings is 1. The lowest BCUT2D eigenvalue weighted by molar-refractivity contribution is 0.0166. The third-order valence-electron chi connectivity index (χ3n) is 2.29. The number of rotatable bonds is 4. The van der Waals surface area contributed by atoms with E-state index in [0.29, 0.717) is 5.56 Å². The third-order valence-corrected chi connectivity index (χ3v) is 3.79. The van der Waals surface area contributed by atoms with Crippen molar-refractivity contribution >= 4 is 7.60 Å². The van der Waals surface area contributed by atoms with E-state index in [2.05, 4.69) is 0 Å². The first-order chi connectivity index (χ1) is 6.92. The Bertz CT molecular complexity index is 359. The SMILES string of the molecule is CCOC(C)(c1ccccc1)P(=O)(O)O. The highest BCUT2D eigenvalue weighted by Crippen LogP contribution is 2.57. The summed E-state index contributed by atoms with van der Waals surface area (Å²) >= 11 is 0. The van der Waals surface area contributed by atoms with E-state index < -0.39 is 12.9 Å². The molecule has 1 atom stereocenters. The van der Waals surface area contributed by atoms with Crippen LogP contribution in [0.5, 0.6) is 0 Å². The minimum absolute atomic E-state index is 0.247. The smallest absolute Gasteiger partial charge is 0.358 e. The molecule has 15 heavy (non-hydrogen) atoms. The zero-order valence-electron chi connectivity index (χ0n) is 8.75. The second kappa shape index (κ2) is 4.45. The Morgan fingerprint density at radius 3 is 2.27 bits per heavy atom. The van der Waals surface area contributed by atoms with Crippen molar-refractivity contribution in [2.75, 3.05) is 6.61 Å². The minimum Gasteiger partial charge on any atom is -0.358 e. The Hall–Kier alpha value is -0.670. The molecule has 0 aliphatic heterocycles. The van der Waals surface area contributed by atoms with E-state index in [-0.39, 0.29) is 6.61 Å². The first kappa shape index (κ1) is 12.4.